The maximum absolute atomic E-state index is 13.0. The molecule has 0 saturated carbocycles. The Morgan fingerprint density at radius 1 is 0.971 bits per heavy atom. The normalized spacial score (nSPS) is 12.0. The summed E-state index contributed by atoms with van der Waals surface area (Å²) in [5.74, 6) is 0.130. The maximum Gasteiger partial charge on any atom is 0.416 e. The highest BCUT2D eigenvalue weighted by Gasteiger charge is 2.36. The lowest BCUT2D eigenvalue weighted by Gasteiger charge is -2.14. The molecule has 2 N–H and O–H groups in total. The van der Waals surface area contributed by atoms with Gasteiger partial charge in [-0.2, -0.15) is 31.6 Å². The molecule has 0 fully saturated rings. The first-order chi connectivity index (χ1) is 15.9. The van der Waals surface area contributed by atoms with Gasteiger partial charge in [-0.3, -0.25) is 4.79 Å². The summed E-state index contributed by atoms with van der Waals surface area (Å²) in [6.07, 6.45) is -8.97. The van der Waals surface area contributed by atoms with Crippen molar-refractivity contribution in [3.05, 3.63) is 64.9 Å². The minimum absolute atomic E-state index is 0.0268. The highest BCUT2D eigenvalue weighted by molar-refractivity contribution is 5.97. The van der Waals surface area contributed by atoms with Gasteiger partial charge in [0.15, 0.2) is 11.5 Å². The first-order valence-corrected chi connectivity index (χ1v) is 9.54. The zero-order valence-corrected chi connectivity index (χ0v) is 17.9. The summed E-state index contributed by atoms with van der Waals surface area (Å²) in [6.45, 7) is 0.0924. The molecule has 0 spiro atoms. The Hall–Kier alpha value is -3.88. The molecule has 0 aliphatic heterocycles. The number of methoxy groups -OCH3 is 2. The van der Waals surface area contributed by atoms with Gasteiger partial charge in [0.05, 0.1) is 25.3 Å². The zero-order valence-electron chi connectivity index (χ0n) is 17.9. The number of amides is 1. The van der Waals surface area contributed by atoms with Crippen LogP contribution in [0.15, 0.2) is 48.2 Å². The molecule has 0 aliphatic rings. The van der Waals surface area contributed by atoms with Crippen LogP contribution in [0.3, 0.4) is 0 Å². The van der Waals surface area contributed by atoms with Crippen molar-refractivity contribution in [3.63, 3.8) is 0 Å². The van der Waals surface area contributed by atoms with Crippen LogP contribution in [-0.4, -0.2) is 26.7 Å². The Labute approximate surface area is 190 Å². The van der Waals surface area contributed by atoms with Gasteiger partial charge in [0.25, 0.3) is 5.91 Å². The lowest BCUT2D eigenvalue weighted by molar-refractivity contribution is -0.143. The number of rotatable bonds is 8. The Morgan fingerprint density at radius 2 is 1.56 bits per heavy atom. The molecule has 0 saturated heterocycles. The number of nitriles is 1. The first kappa shape index (κ1) is 26.4. The summed E-state index contributed by atoms with van der Waals surface area (Å²) in [4.78, 5) is 12.2. The number of alkyl halides is 6. The fourth-order valence-corrected chi connectivity index (χ4v) is 2.79. The van der Waals surface area contributed by atoms with E-state index < -0.39 is 40.6 Å². The van der Waals surface area contributed by atoms with Crippen molar-refractivity contribution in [1.82, 2.24) is 5.32 Å². The van der Waals surface area contributed by atoms with E-state index in [1.807, 2.05) is 0 Å². The SMILES string of the molecule is COc1ccc(CCNC(=O)/C(C#N)=C\Nc2cc(C(F)(F)F)cc(C(F)(F)F)c2)cc1OC. The third kappa shape index (κ3) is 7.06. The molecule has 0 atom stereocenters. The average molecular weight is 487 g/mol. The number of hydrogen-bond acceptors (Lipinski definition) is 5. The van der Waals surface area contributed by atoms with Gasteiger partial charge >= 0.3 is 12.4 Å². The van der Waals surface area contributed by atoms with Crippen LogP contribution >= 0.6 is 0 Å². The van der Waals surface area contributed by atoms with Crippen LogP contribution in [0, 0.1) is 11.3 Å². The first-order valence-electron chi connectivity index (χ1n) is 9.54. The smallest absolute Gasteiger partial charge is 0.416 e. The molecule has 12 heteroatoms. The lowest BCUT2D eigenvalue weighted by atomic mass is 10.1. The predicted molar refractivity (Wildman–Crippen MR) is 110 cm³/mol. The van der Waals surface area contributed by atoms with Crippen molar-refractivity contribution in [1.29, 1.82) is 5.26 Å². The molecule has 34 heavy (non-hydrogen) atoms. The van der Waals surface area contributed by atoms with Crippen LogP contribution in [-0.2, 0) is 23.6 Å². The van der Waals surface area contributed by atoms with E-state index in [2.05, 4.69) is 10.6 Å². The zero-order chi connectivity index (χ0) is 25.5. The van der Waals surface area contributed by atoms with Crippen LogP contribution in [0.25, 0.3) is 0 Å². The third-order valence-corrected chi connectivity index (χ3v) is 4.48. The molecule has 2 rings (SSSR count). The van der Waals surface area contributed by atoms with Crippen molar-refractivity contribution >= 4 is 11.6 Å². The molecule has 0 unspecified atom stereocenters. The van der Waals surface area contributed by atoms with E-state index in [9.17, 15) is 36.4 Å². The predicted octanol–water partition coefficient (Wildman–Crippen LogP) is 4.92. The third-order valence-electron chi connectivity index (χ3n) is 4.48. The number of nitrogens with zero attached hydrogens (tertiary/aromatic N) is 1. The summed E-state index contributed by atoms with van der Waals surface area (Å²) >= 11 is 0. The molecular weight excluding hydrogens is 468 g/mol. The van der Waals surface area contributed by atoms with Gasteiger partial charge in [0.2, 0.25) is 0 Å². The van der Waals surface area contributed by atoms with E-state index in [4.69, 9.17) is 9.47 Å². The number of carbonyl (C=O) groups is 1. The second-order valence-corrected chi connectivity index (χ2v) is 6.80. The Morgan fingerprint density at radius 3 is 2.06 bits per heavy atom. The number of ether oxygens (including phenoxy) is 2. The van der Waals surface area contributed by atoms with Crippen LogP contribution in [0.2, 0.25) is 0 Å². The van der Waals surface area contributed by atoms with Crippen molar-refractivity contribution in [2.75, 3.05) is 26.1 Å². The number of carbonyl (C=O) groups excluding carboxylic acids is 1. The summed E-state index contributed by atoms with van der Waals surface area (Å²) in [7, 11) is 2.94. The Bertz CT molecular complexity index is 1070. The molecule has 0 radical (unpaired) electrons. The van der Waals surface area contributed by atoms with E-state index in [0.29, 0.717) is 30.1 Å². The molecule has 182 valence electrons. The van der Waals surface area contributed by atoms with E-state index in [1.54, 1.807) is 24.3 Å². The summed E-state index contributed by atoms with van der Waals surface area (Å²) < 4.78 is 88.0. The summed E-state index contributed by atoms with van der Waals surface area (Å²) in [6, 6.07) is 7.51. The van der Waals surface area contributed by atoms with E-state index in [-0.39, 0.29) is 12.6 Å². The summed E-state index contributed by atoms with van der Waals surface area (Å²) in [5, 5.41) is 13.8. The molecule has 2 aromatic carbocycles. The van der Waals surface area contributed by atoms with Crippen molar-refractivity contribution in [2.45, 2.75) is 18.8 Å². The Balaban J connectivity index is 2.10. The molecule has 0 aromatic heterocycles. The number of nitrogens with one attached hydrogen (secondary N) is 2. The monoisotopic (exact) mass is 487 g/mol. The fourth-order valence-electron chi connectivity index (χ4n) is 2.79. The van der Waals surface area contributed by atoms with E-state index in [0.717, 1.165) is 11.8 Å². The van der Waals surface area contributed by atoms with Gasteiger partial charge in [0, 0.05) is 18.4 Å². The Kier molecular flexibility index (Phi) is 8.40. The second kappa shape index (κ2) is 10.8. The lowest BCUT2D eigenvalue weighted by Crippen LogP contribution is -2.27. The molecule has 0 bridgehead atoms. The van der Waals surface area contributed by atoms with Crippen LogP contribution in [0.4, 0.5) is 32.0 Å². The van der Waals surface area contributed by atoms with Gasteiger partial charge in [-0.1, -0.05) is 6.07 Å². The van der Waals surface area contributed by atoms with Crippen LogP contribution < -0.4 is 20.1 Å². The topological polar surface area (TPSA) is 83.4 Å². The van der Waals surface area contributed by atoms with E-state index >= 15 is 0 Å². The molecule has 2 aromatic rings. The average Bonchev–Trinajstić information content (AvgIpc) is 2.78. The molecule has 6 nitrogen and oxygen atoms in total. The molecule has 0 aliphatic carbocycles. The molecule has 0 heterocycles. The number of halogens is 6. The highest BCUT2D eigenvalue weighted by Crippen LogP contribution is 2.37. The van der Waals surface area contributed by atoms with Crippen LogP contribution in [0.5, 0.6) is 11.5 Å². The summed E-state index contributed by atoms with van der Waals surface area (Å²) in [5.41, 5.74) is -3.42. The standard InChI is InChI=1S/C22H19F6N3O3/c1-33-18-4-3-13(7-19(18)34-2)5-6-30-20(32)14(11-29)12-31-17-9-15(21(23,24)25)8-16(10-17)22(26,27)28/h3-4,7-10,12,31H,5-6H2,1-2H3,(H,30,32)/b14-12-. The number of benzene rings is 2. The van der Waals surface area contributed by atoms with Gasteiger partial charge < -0.3 is 20.1 Å². The number of hydrogen-bond donors (Lipinski definition) is 2. The van der Waals surface area contributed by atoms with Crippen LogP contribution in [0.1, 0.15) is 16.7 Å². The van der Waals surface area contributed by atoms with Crippen molar-refractivity contribution < 1.29 is 40.6 Å². The molecule has 1 amide bonds. The molecular formula is C22H19F6N3O3. The quantitative estimate of drug-likeness (QED) is 0.314. The number of anilines is 1. The second-order valence-electron chi connectivity index (χ2n) is 6.80. The fraction of sp³-hybridized carbons (Fsp3) is 0.273. The largest absolute Gasteiger partial charge is 0.493 e. The van der Waals surface area contributed by atoms with E-state index in [1.165, 1.54) is 14.2 Å². The van der Waals surface area contributed by atoms with Crippen molar-refractivity contribution in [2.24, 2.45) is 0 Å². The minimum atomic E-state index is -5.03. The van der Waals surface area contributed by atoms with Gasteiger partial charge in [-0.15, -0.1) is 0 Å². The highest BCUT2D eigenvalue weighted by atomic mass is 19.4. The minimum Gasteiger partial charge on any atom is -0.493 e. The maximum atomic E-state index is 13.0. The van der Waals surface area contributed by atoms with Gasteiger partial charge in [-0.05, 0) is 42.3 Å². The van der Waals surface area contributed by atoms with Crippen molar-refractivity contribution in [3.8, 4) is 17.6 Å². The van der Waals surface area contributed by atoms with Gasteiger partial charge in [0.1, 0.15) is 11.6 Å². The van der Waals surface area contributed by atoms with Gasteiger partial charge in [-0.25, -0.2) is 0 Å².